The first-order valence-electron chi connectivity index (χ1n) is 8.85. The molecule has 10 heteroatoms. The summed E-state index contributed by atoms with van der Waals surface area (Å²) in [4.78, 5) is 39.5. The summed E-state index contributed by atoms with van der Waals surface area (Å²) in [6.45, 7) is 4.55. The van der Waals surface area contributed by atoms with Crippen LogP contribution in [0.4, 0.5) is 10.8 Å². The van der Waals surface area contributed by atoms with Gasteiger partial charge < -0.3 is 20.5 Å². The topological polar surface area (TPSA) is 118 Å². The lowest BCUT2D eigenvalue weighted by Crippen LogP contribution is -2.21. The Morgan fingerprint density at radius 3 is 2.55 bits per heavy atom. The number of carbonyl (C=O) groups is 3. The number of rotatable bonds is 10. The standard InChI is InChI=1S/C19H23N3O5S2/c1-11(2)10-27-14-7-5-4-6-12(14)20-15(23)9-16(24)22-19-21-13(8-17(25)26)18(28-3)29-19/h4-7,11H,8-10H2,1-3H3,(H,20,23)(H,25,26)(H,21,22,24). The minimum absolute atomic E-state index is 0.226. The smallest absolute Gasteiger partial charge is 0.309 e. The maximum atomic E-state index is 12.3. The van der Waals surface area contributed by atoms with Gasteiger partial charge in [-0.15, -0.1) is 11.8 Å². The summed E-state index contributed by atoms with van der Waals surface area (Å²) in [6, 6.07) is 7.02. The average molecular weight is 438 g/mol. The van der Waals surface area contributed by atoms with Gasteiger partial charge in [0.2, 0.25) is 11.8 Å². The van der Waals surface area contributed by atoms with Crippen molar-refractivity contribution in [1.82, 2.24) is 4.98 Å². The molecular formula is C19H23N3O5S2. The summed E-state index contributed by atoms with van der Waals surface area (Å²) >= 11 is 2.53. The number of carbonyl (C=O) groups excluding carboxylic acids is 2. The van der Waals surface area contributed by atoms with E-state index in [-0.39, 0.29) is 11.6 Å². The first kappa shape index (κ1) is 22.7. The molecular weight excluding hydrogens is 414 g/mol. The van der Waals surface area contributed by atoms with Crippen molar-refractivity contribution in [1.29, 1.82) is 0 Å². The zero-order chi connectivity index (χ0) is 21.4. The van der Waals surface area contributed by atoms with Crippen LogP contribution >= 0.6 is 23.1 Å². The van der Waals surface area contributed by atoms with Gasteiger partial charge in [-0.1, -0.05) is 37.3 Å². The van der Waals surface area contributed by atoms with Crippen LogP contribution in [-0.4, -0.2) is 40.7 Å². The second-order valence-electron chi connectivity index (χ2n) is 6.50. The molecule has 0 unspecified atom stereocenters. The molecule has 0 aliphatic heterocycles. The van der Waals surface area contributed by atoms with Crippen molar-refractivity contribution >= 4 is 51.7 Å². The molecule has 3 N–H and O–H groups in total. The van der Waals surface area contributed by atoms with Gasteiger partial charge in [0.15, 0.2) is 5.13 Å². The van der Waals surface area contributed by atoms with E-state index < -0.39 is 24.2 Å². The minimum Gasteiger partial charge on any atom is -0.491 e. The number of thiazole rings is 1. The van der Waals surface area contributed by atoms with Crippen LogP contribution in [0.25, 0.3) is 0 Å². The number of para-hydroxylation sites is 2. The lowest BCUT2D eigenvalue weighted by atomic mass is 10.2. The van der Waals surface area contributed by atoms with Gasteiger partial charge in [-0.2, -0.15) is 0 Å². The normalized spacial score (nSPS) is 10.6. The van der Waals surface area contributed by atoms with E-state index in [2.05, 4.69) is 15.6 Å². The number of aromatic nitrogens is 1. The van der Waals surface area contributed by atoms with Crippen LogP contribution in [0.1, 0.15) is 26.0 Å². The Morgan fingerprint density at radius 1 is 1.21 bits per heavy atom. The van der Waals surface area contributed by atoms with E-state index in [4.69, 9.17) is 9.84 Å². The molecule has 1 heterocycles. The lowest BCUT2D eigenvalue weighted by molar-refractivity contribution is -0.136. The van der Waals surface area contributed by atoms with Crippen molar-refractivity contribution in [3.63, 3.8) is 0 Å². The number of nitrogens with zero attached hydrogens (tertiary/aromatic N) is 1. The van der Waals surface area contributed by atoms with Crippen molar-refractivity contribution in [2.75, 3.05) is 23.5 Å². The number of thioether (sulfide) groups is 1. The fraction of sp³-hybridized carbons (Fsp3) is 0.368. The molecule has 0 aliphatic rings. The molecule has 2 aromatic rings. The highest BCUT2D eigenvalue weighted by molar-refractivity contribution is 8.00. The Balaban J connectivity index is 1.96. The quantitative estimate of drug-likeness (QED) is 0.385. The number of amides is 2. The van der Waals surface area contributed by atoms with Gasteiger partial charge in [0.1, 0.15) is 12.2 Å². The largest absolute Gasteiger partial charge is 0.491 e. The molecule has 0 atom stereocenters. The van der Waals surface area contributed by atoms with E-state index in [1.54, 1.807) is 30.5 Å². The third-order valence-corrected chi connectivity index (χ3v) is 5.63. The molecule has 0 aliphatic carbocycles. The molecule has 0 fully saturated rings. The summed E-state index contributed by atoms with van der Waals surface area (Å²) < 4.78 is 6.40. The summed E-state index contributed by atoms with van der Waals surface area (Å²) in [5.74, 6) is -1.15. The van der Waals surface area contributed by atoms with Gasteiger partial charge in [-0.05, 0) is 24.3 Å². The van der Waals surface area contributed by atoms with E-state index in [1.165, 1.54) is 23.1 Å². The van der Waals surface area contributed by atoms with Crippen LogP contribution in [0.2, 0.25) is 0 Å². The zero-order valence-electron chi connectivity index (χ0n) is 16.4. The molecule has 156 valence electrons. The highest BCUT2D eigenvalue weighted by Crippen LogP contribution is 2.31. The van der Waals surface area contributed by atoms with Gasteiger partial charge >= 0.3 is 5.97 Å². The number of anilines is 2. The van der Waals surface area contributed by atoms with Crippen molar-refractivity contribution in [2.24, 2.45) is 5.92 Å². The average Bonchev–Trinajstić information content (AvgIpc) is 3.00. The molecule has 0 spiro atoms. The van der Waals surface area contributed by atoms with E-state index in [9.17, 15) is 14.4 Å². The van der Waals surface area contributed by atoms with E-state index in [1.807, 2.05) is 13.8 Å². The van der Waals surface area contributed by atoms with Crippen molar-refractivity contribution in [2.45, 2.75) is 30.9 Å². The Kier molecular flexibility index (Phi) is 8.47. The van der Waals surface area contributed by atoms with Crippen LogP contribution in [0.3, 0.4) is 0 Å². The summed E-state index contributed by atoms with van der Waals surface area (Å²) in [5.41, 5.74) is 0.889. The molecule has 1 aromatic heterocycles. The Morgan fingerprint density at radius 2 is 1.90 bits per heavy atom. The van der Waals surface area contributed by atoms with Gasteiger partial charge in [0.25, 0.3) is 0 Å². The van der Waals surface area contributed by atoms with Crippen molar-refractivity contribution in [3.8, 4) is 5.75 Å². The fourth-order valence-electron chi connectivity index (χ4n) is 2.26. The van der Waals surface area contributed by atoms with E-state index in [0.717, 1.165) is 0 Å². The molecule has 0 bridgehead atoms. The van der Waals surface area contributed by atoms with Crippen molar-refractivity contribution in [3.05, 3.63) is 30.0 Å². The second-order valence-corrected chi connectivity index (χ2v) is 8.58. The molecule has 0 saturated carbocycles. The zero-order valence-corrected chi connectivity index (χ0v) is 18.0. The Bertz CT molecular complexity index is 882. The SMILES string of the molecule is CSc1sc(NC(=O)CC(=O)Nc2ccccc2OCC(C)C)nc1CC(=O)O. The maximum absolute atomic E-state index is 12.3. The number of aliphatic carboxylic acids is 1. The Labute approximate surface area is 177 Å². The number of ether oxygens (including phenoxy) is 1. The Hall–Kier alpha value is -2.59. The predicted molar refractivity (Wildman–Crippen MR) is 114 cm³/mol. The number of nitrogens with one attached hydrogen (secondary N) is 2. The van der Waals surface area contributed by atoms with Crippen LogP contribution in [-0.2, 0) is 20.8 Å². The fourth-order valence-corrected chi connectivity index (χ4v) is 3.92. The molecule has 0 saturated heterocycles. The molecule has 1 aromatic carbocycles. The molecule has 0 radical (unpaired) electrons. The summed E-state index contributed by atoms with van der Waals surface area (Å²) in [6.07, 6.45) is 1.17. The van der Waals surface area contributed by atoms with Crippen LogP contribution < -0.4 is 15.4 Å². The number of carboxylic acid groups (broad SMARTS) is 1. The maximum Gasteiger partial charge on any atom is 0.309 e. The molecule has 2 amide bonds. The lowest BCUT2D eigenvalue weighted by Gasteiger charge is -2.13. The van der Waals surface area contributed by atoms with Gasteiger partial charge in [0.05, 0.1) is 28.6 Å². The summed E-state index contributed by atoms with van der Waals surface area (Å²) in [7, 11) is 0. The highest BCUT2D eigenvalue weighted by atomic mass is 32.2. The van der Waals surface area contributed by atoms with Crippen molar-refractivity contribution < 1.29 is 24.2 Å². The number of carboxylic acids is 1. The highest BCUT2D eigenvalue weighted by Gasteiger charge is 2.17. The van der Waals surface area contributed by atoms with Crippen LogP contribution in [0.5, 0.6) is 5.75 Å². The second kappa shape index (κ2) is 10.8. The van der Waals surface area contributed by atoms with E-state index in [0.29, 0.717) is 33.9 Å². The number of benzene rings is 1. The number of hydrogen-bond acceptors (Lipinski definition) is 7. The minimum atomic E-state index is -0.999. The summed E-state index contributed by atoms with van der Waals surface area (Å²) in [5, 5.41) is 14.4. The van der Waals surface area contributed by atoms with Gasteiger partial charge in [-0.3, -0.25) is 14.4 Å². The van der Waals surface area contributed by atoms with Crippen LogP contribution in [0, 0.1) is 5.92 Å². The number of hydrogen-bond donors (Lipinski definition) is 3. The molecule has 8 nitrogen and oxygen atoms in total. The predicted octanol–water partition coefficient (Wildman–Crippen LogP) is 3.49. The third-order valence-electron chi connectivity index (χ3n) is 3.47. The molecule has 29 heavy (non-hydrogen) atoms. The first-order chi connectivity index (χ1) is 13.8. The van der Waals surface area contributed by atoms with Gasteiger partial charge in [-0.25, -0.2) is 4.98 Å². The monoisotopic (exact) mass is 437 g/mol. The van der Waals surface area contributed by atoms with E-state index >= 15 is 0 Å². The first-order valence-corrected chi connectivity index (χ1v) is 10.9. The molecule has 2 rings (SSSR count). The van der Waals surface area contributed by atoms with Gasteiger partial charge in [0, 0.05) is 0 Å². The third kappa shape index (κ3) is 7.39. The van der Waals surface area contributed by atoms with Crippen LogP contribution in [0.15, 0.2) is 28.5 Å².